The van der Waals surface area contributed by atoms with Crippen molar-refractivity contribution in [3.63, 3.8) is 0 Å². The third-order valence-electron chi connectivity index (χ3n) is 2.46. The van der Waals surface area contributed by atoms with Crippen LogP contribution in [0.3, 0.4) is 0 Å². The molecule has 1 aromatic heterocycles. The Morgan fingerprint density at radius 3 is 3.06 bits per heavy atom. The van der Waals surface area contributed by atoms with Gasteiger partial charge in [-0.05, 0) is 30.8 Å². The minimum Gasteiger partial charge on any atom is -0.496 e. The van der Waals surface area contributed by atoms with E-state index in [0.717, 1.165) is 31.6 Å². The molecule has 0 saturated carbocycles. The smallest absolute Gasteiger partial charge is 0.134 e. The molecular formula is C13H19NOS. The van der Waals surface area contributed by atoms with Crippen LogP contribution in [0.15, 0.2) is 11.4 Å². The zero-order valence-electron chi connectivity index (χ0n) is 9.95. The number of hydrogen-bond acceptors (Lipinski definition) is 3. The molecule has 16 heavy (non-hydrogen) atoms. The minimum atomic E-state index is 0.369. The van der Waals surface area contributed by atoms with E-state index >= 15 is 0 Å². The maximum Gasteiger partial charge on any atom is 0.134 e. The summed E-state index contributed by atoms with van der Waals surface area (Å²) in [5.74, 6) is 3.67. The Kier molecular flexibility index (Phi) is 5.99. The van der Waals surface area contributed by atoms with Crippen molar-refractivity contribution in [2.45, 2.75) is 32.2 Å². The van der Waals surface area contributed by atoms with Crippen molar-refractivity contribution in [1.29, 1.82) is 0 Å². The standard InChI is InChI=1S/C13H19NOS/c1-4-6-7-8-11(14-5-2)13-12(15-3)9-10-16-13/h1,9-11,14H,5-8H2,2-3H3. The van der Waals surface area contributed by atoms with E-state index in [-0.39, 0.29) is 0 Å². The molecule has 0 fully saturated rings. The number of thiophene rings is 1. The van der Waals surface area contributed by atoms with Crippen molar-refractivity contribution in [2.24, 2.45) is 0 Å². The molecule has 2 nitrogen and oxygen atoms in total. The number of unbranched alkanes of at least 4 members (excludes halogenated alkanes) is 1. The summed E-state index contributed by atoms with van der Waals surface area (Å²) in [6.45, 7) is 3.08. The van der Waals surface area contributed by atoms with Gasteiger partial charge < -0.3 is 10.1 Å². The SMILES string of the molecule is C#CCCCC(NCC)c1sccc1OC. The van der Waals surface area contributed by atoms with E-state index in [9.17, 15) is 0 Å². The van der Waals surface area contributed by atoms with Crippen molar-refractivity contribution in [2.75, 3.05) is 13.7 Å². The molecule has 0 aliphatic rings. The molecule has 0 bridgehead atoms. The first kappa shape index (κ1) is 13.1. The van der Waals surface area contributed by atoms with Crippen LogP contribution in [0.5, 0.6) is 5.75 Å². The summed E-state index contributed by atoms with van der Waals surface area (Å²) in [7, 11) is 1.72. The van der Waals surface area contributed by atoms with Crippen LogP contribution >= 0.6 is 11.3 Å². The highest BCUT2D eigenvalue weighted by Crippen LogP contribution is 2.33. The third kappa shape index (κ3) is 3.55. The van der Waals surface area contributed by atoms with Gasteiger partial charge in [0.05, 0.1) is 12.0 Å². The van der Waals surface area contributed by atoms with Gasteiger partial charge in [0.25, 0.3) is 0 Å². The molecule has 1 atom stereocenters. The van der Waals surface area contributed by atoms with Gasteiger partial charge >= 0.3 is 0 Å². The molecule has 1 rings (SSSR count). The first-order chi connectivity index (χ1) is 7.83. The third-order valence-corrected chi connectivity index (χ3v) is 3.47. The highest BCUT2D eigenvalue weighted by atomic mass is 32.1. The van der Waals surface area contributed by atoms with E-state index in [1.54, 1.807) is 18.4 Å². The topological polar surface area (TPSA) is 21.3 Å². The molecule has 1 heterocycles. The monoisotopic (exact) mass is 237 g/mol. The van der Waals surface area contributed by atoms with Gasteiger partial charge in [-0.25, -0.2) is 0 Å². The fourth-order valence-electron chi connectivity index (χ4n) is 1.71. The van der Waals surface area contributed by atoms with E-state index in [4.69, 9.17) is 11.2 Å². The van der Waals surface area contributed by atoms with E-state index in [1.165, 1.54) is 4.88 Å². The fourth-order valence-corrected chi connectivity index (χ4v) is 2.68. The van der Waals surface area contributed by atoms with Crippen LogP contribution < -0.4 is 10.1 Å². The lowest BCUT2D eigenvalue weighted by molar-refractivity contribution is 0.399. The second-order valence-electron chi connectivity index (χ2n) is 3.56. The number of rotatable bonds is 7. The molecule has 0 aliphatic carbocycles. The summed E-state index contributed by atoms with van der Waals surface area (Å²) in [6, 6.07) is 2.39. The molecule has 0 spiro atoms. The average molecular weight is 237 g/mol. The zero-order valence-corrected chi connectivity index (χ0v) is 10.8. The van der Waals surface area contributed by atoms with Crippen LogP contribution in [0.25, 0.3) is 0 Å². The Morgan fingerprint density at radius 2 is 2.44 bits per heavy atom. The van der Waals surface area contributed by atoms with Gasteiger partial charge in [0.1, 0.15) is 5.75 Å². The Balaban J connectivity index is 2.65. The molecule has 0 aliphatic heterocycles. The van der Waals surface area contributed by atoms with Gasteiger partial charge in [-0.15, -0.1) is 23.7 Å². The molecule has 88 valence electrons. The van der Waals surface area contributed by atoms with Gasteiger partial charge in [0.2, 0.25) is 0 Å². The number of ether oxygens (including phenoxy) is 1. The lowest BCUT2D eigenvalue weighted by Crippen LogP contribution is -2.20. The minimum absolute atomic E-state index is 0.369. The lowest BCUT2D eigenvalue weighted by Gasteiger charge is -2.17. The van der Waals surface area contributed by atoms with Crippen LogP contribution in [0.1, 0.15) is 37.1 Å². The zero-order chi connectivity index (χ0) is 11.8. The molecule has 1 unspecified atom stereocenters. The first-order valence-corrected chi connectivity index (χ1v) is 6.49. The molecule has 0 amide bonds. The predicted molar refractivity (Wildman–Crippen MR) is 70.0 cm³/mol. The van der Waals surface area contributed by atoms with Gasteiger partial charge in [-0.1, -0.05) is 6.92 Å². The van der Waals surface area contributed by atoms with Gasteiger partial charge in [-0.3, -0.25) is 0 Å². The van der Waals surface area contributed by atoms with E-state index in [0.29, 0.717) is 6.04 Å². The maximum absolute atomic E-state index is 5.35. The summed E-state index contributed by atoms with van der Waals surface area (Å²) in [5.41, 5.74) is 0. The molecule has 0 aromatic carbocycles. The van der Waals surface area contributed by atoms with Gasteiger partial charge in [0.15, 0.2) is 0 Å². The fraction of sp³-hybridized carbons (Fsp3) is 0.538. The molecule has 0 radical (unpaired) electrons. The quantitative estimate of drug-likeness (QED) is 0.581. The van der Waals surface area contributed by atoms with Crippen molar-refractivity contribution in [3.8, 4) is 18.1 Å². The number of methoxy groups -OCH3 is 1. The average Bonchev–Trinajstić information content (AvgIpc) is 2.76. The molecule has 0 saturated heterocycles. The Labute approximate surface area is 102 Å². The van der Waals surface area contributed by atoms with Crippen molar-refractivity contribution < 1.29 is 4.74 Å². The van der Waals surface area contributed by atoms with Crippen LogP contribution in [0.2, 0.25) is 0 Å². The lowest BCUT2D eigenvalue weighted by atomic mass is 10.1. The second-order valence-corrected chi connectivity index (χ2v) is 4.51. The van der Waals surface area contributed by atoms with Gasteiger partial charge in [-0.2, -0.15) is 0 Å². The number of hydrogen-bond donors (Lipinski definition) is 1. The predicted octanol–water partition coefficient (Wildman–Crippen LogP) is 3.21. The second kappa shape index (κ2) is 7.32. The number of terminal acetylenes is 1. The first-order valence-electron chi connectivity index (χ1n) is 5.61. The highest BCUT2D eigenvalue weighted by Gasteiger charge is 2.15. The molecule has 1 N–H and O–H groups in total. The van der Waals surface area contributed by atoms with E-state index < -0.39 is 0 Å². The summed E-state index contributed by atoms with van der Waals surface area (Å²) >= 11 is 1.74. The van der Waals surface area contributed by atoms with Crippen molar-refractivity contribution in [3.05, 3.63) is 16.3 Å². The van der Waals surface area contributed by atoms with Crippen LogP contribution in [0, 0.1) is 12.3 Å². The van der Waals surface area contributed by atoms with Gasteiger partial charge in [0, 0.05) is 12.5 Å². The van der Waals surface area contributed by atoms with Crippen LogP contribution in [-0.2, 0) is 0 Å². The Bertz CT molecular complexity index is 340. The Morgan fingerprint density at radius 1 is 1.62 bits per heavy atom. The highest BCUT2D eigenvalue weighted by molar-refractivity contribution is 7.10. The Hall–Kier alpha value is -0.980. The molecule has 3 heteroatoms. The van der Waals surface area contributed by atoms with Crippen molar-refractivity contribution in [1.82, 2.24) is 5.32 Å². The summed E-state index contributed by atoms with van der Waals surface area (Å²) < 4.78 is 5.35. The largest absolute Gasteiger partial charge is 0.496 e. The van der Waals surface area contributed by atoms with Crippen LogP contribution in [-0.4, -0.2) is 13.7 Å². The summed E-state index contributed by atoms with van der Waals surface area (Å²) in [6.07, 6.45) is 8.23. The molecule has 1 aromatic rings. The molecular weight excluding hydrogens is 218 g/mol. The van der Waals surface area contributed by atoms with E-state index in [2.05, 4.69) is 23.5 Å². The van der Waals surface area contributed by atoms with Crippen molar-refractivity contribution >= 4 is 11.3 Å². The van der Waals surface area contributed by atoms with E-state index in [1.807, 2.05) is 6.07 Å². The number of nitrogens with one attached hydrogen (secondary N) is 1. The summed E-state index contributed by atoms with van der Waals surface area (Å²) in [5, 5.41) is 5.55. The normalized spacial score (nSPS) is 12.1. The summed E-state index contributed by atoms with van der Waals surface area (Å²) in [4.78, 5) is 1.28. The maximum atomic E-state index is 5.35. The van der Waals surface area contributed by atoms with Crippen LogP contribution in [0.4, 0.5) is 0 Å².